The molecule has 0 spiro atoms. The van der Waals surface area contributed by atoms with E-state index in [1.165, 1.54) is 77.0 Å². The molecule has 25 heavy (non-hydrogen) atoms. The summed E-state index contributed by atoms with van der Waals surface area (Å²) in [6.07, 6.45) is 18.9. The van der Waals surface area contributed by atoms with Gasteiger partial charge < -0.3 is 9.47 Å². The zero-order valence-corrected chi connectivity index (χ0v) is 17.2. The number of hydrogen-bond donors (Lipinski definition) is 0. The Morgan fingerprint density at radius 2 is 1.32 bits per heavy atom. The van der Waals surface area contributed by atoms with Gasteiger partial charge in [-0.3, -0.25) is 4.90 Å². The molecule has 1 aliphatic heterocycles. The lowest BCUT2D eigenvalue weighted by Gasteiger charge is -2.41. The highest BCUT2D eigenvalue weighted by atomic mass is 16.5. The van der Waals surface area contributed by atoms with Crippen molar-refractivity contribution in [3.8, 4) is 0 Å². The first-order chi connectivity index (χ1) is 12.2. The van der Waals surface area contributed by atoms with E-state index in [1.54, 1.807) is 0 Å². The van der Waals surface area contributed by atoms with Crippen LogP contribution in [0.15, 0.2) is 0 Å². The zero-order valence-electron chi connectivity index (χ0n) is 17.2. The van der Waals surface area contributed by atoms with Crippen LogP contribution in [0, 0.1) is 0 Å². The minimum atomic E-state index is 0.289. The fourth-order valence-electron chi connectivity index (χ4n) is 4.52. The summed E-state index contributed by atoms with van der Waals surface area (Å²) in [5, 5.41) is 0. The summed E-state index contributed by atoms with van der Waals surface area (Å²) >= 11 is 0. The number of nitrogens with zero attached hydrogens (tertiary/aromatic N) is 1. The lowest BCUT2D eigenvalue weighted by molar-refractivity contribution is -0.162. The molecular formula is C22H43NO2. The van der Waals surface area contributed by atoms with Crippen molar-refractivity contribution in [1.82, 2.24) is 4.90 Å². The number of hydrogen-bond acceptors (Lipinski definition) is 3. The average molecular weight is 354 g/mol. The molecule has 1 aliphatic carbocycles. The van der Waals surface area contributed by atoms with Gasteiger partial charge in [0.05, 0.1) is 18.3 Å². The predicted octanol–water partition coefficient (Wildman–Crippen LogP) is 5.91. The summed E-state index contributed by atoms with van der Waals surface area (Å²) in [4.78, 5) is 2.55. The third-order valence-electron chi connectivity index (χ3n) is 5.79. The molecule has 0 aromatic carbocycles. The Bertz CT molecular complexity index is 314. The quantitative estimate of drug-likeness (QED) is 0.613. The lowest BCUT2D eigenvalue weighted by atomic mass is 9.99. The van der Waals surface area contributed by atoms with Crippen molar-refractivity contribution in [1.29, 1.82) is 0 Å². The van der Waals surface area contributed by atoms with Crippen LogP contribution in [0.1, 0.15) is 104 Å². The molecule has 2 fully saturated rings. The summed E-state index contributed by atoms with van der Waals surface area (Å²) in [7, 11) is 0. The first kappa shape index (κ1) is 21.2. The molecule has 0 radical (unpaired) electrons. The van der Waals surface area contributed by atoms with Crippen LogP contribution < -0.4 is 0 Å². The van der Waals surface area contributed by atoms with E-state index in [4.69, 9.17) is 9.47 Å². The van der Waals surface area contributed by atoms with Crippen molar-refractivity contribution in [2.24, 2.45) is 0 Å². The van der Waals surface area contributed by atoms with Crippen LogP contribution in [0.2, 0.25) is 0 Å². The molecule has 0 bridgehead atoms. The van der Waals surface area contributed by atoms with Crippen molar-refractivity contribution < 1.29 is 9.47 Å². The minimum Gasteiger partial charge on any atom is -0.373 e. The van der Waals surface area contributed by atoms with Gasteiger partial charge in [0.25, 0.3) is 0 Å². The van der Waals surface area contributed by atoms with E-state index in [-0.39, 0.29) is 6.23 Å². The highest BCUT2D eigenvalue weighted by Crippen LogP contribution is 2.24. The van der Waals surface area contributed by atoms with Gasteiger partial charge in [0, 0.05) is 13.1 Å². The topological polar surface area (TPSA) is 21.7 Å². The summed E-state index contributed by atoms with van der Waals surface area (Å²) in [6.45, 7) is 8.71. The Kier molecular flexibility index (Phi) is 10.4. The van der Waals surface area contributed by atoms with Gasteiger partial charge in [-0.2, -0.15) is 0 Å². The first-order valence-electron chi connectivity index (χ1n) is 11.2. The van der Waals surface area contributed by atoms with Gasteiger partial charge in [0.1, 0.15) is 6.23 Å². The number of ether oxygens (including phenoxy) is 2. The fourth-order valence-corrected chi connectivity index (χ4v) is 4.52. The second-order valence-electron chi connectivity index (χ2n) is 8.47. The van der Waals surface area contributed by atoms with E-state index in [1.807, 2.05) is 0 Å². The van der Waals surface area contributed by atoms with Crippen LogP contribution in [0.3, 0.4) is 0 Å². The normalized spacial score (nSPS) is 30.4. The molecule has 0 aromatic rings. The smallest absolute Gasteiger partial charge is 0.111 e. The van der Waals surface area contributed by atoms with Crippen molar-refractivity contribution >= 4 is 0 Å². The largest absolute Gasteiger partial charge is 0.373 e. The maximum Gasteiger partial charge on any atom is 0.111 e. The van der Waals surface area contributed by atoms with E-state index >= 15 is 0 Å². The van der Waals surface area contributed by atoms with Gasteiger partial charge in [-0.1, -0.05) is 71.1 Å². The van der Waals surface area contributed by atoms with Crippen LogP contribution in [0.4, 0.5) is 0 Å². The monoisotopic (exact) mass is 353 g/mol. The van der Waals surface area contributed by atoms with E-state index < -0.39 is 0 Å². The summed E-state index contributed by atoms with van der Waals surface area (Å²) in [5.41, 5.74) is 0. The Morgan fingerprint density at radius 3 is 1.80 bits per heavy atom. The molecule has 3 atom stereocenters. The van der Waals surface area contributed by atoms with Gasteiger partial charge in [0.15, 0.2) is 0 Å². The third kappa shape index (κ3) is 8.41. The van der Waals surface area contributed by atoms with Gasteiger partial charge in [-0.15, -0.1) is 0 Å². The van der Waals surface area contributed by atoms with Gasteiger partial charge in [-0.05, 0) is 33.1 Å². The molecule has 2 rings (SSSR count). The Balaban J connectivity index is 1.89. The van der Waals surface area contributed by atoms with Crippen molar-refractivity contribution in [2.45, 2.75) is 129 Å². The van der Waals surface area contributed by atoms with E-state index in [0.717, 1.165) is 19.5 Å². The maximum atomic E-state index is 6.74. The van der Waals surface area contributed by atoms with Crippen LogP contribution >= 0.6 is 0 Å². The molecule has 0 amide bonds. The molecule has 3 unspecified atom stereocenters. The Labute approximate surface area is 156 Å². The molecule has 0 N–H and O–H groups in total. The van der Waals surface area contributed by atoms with Gasteiger partial charge in [0.2, 0.25) is 0 Å². The standard InChI is InChI=1S/C22H43NO2/c1-4-14-22(23-17-19(2)24-20(3)18-23)25-21-15-12-10-8-6-5-7-9-11-13-16-21/h19-22H,4-18H2,1-3H3. The molecule has 1 heterocycles. The Morgan fingerprint density at radius 1 is 0.840 bits per heavy atom. The maximum absolute atomic E-state index is 6.74. The summed E-state index contributed by atoms with van der Waals surface area (Å²) in [6, 6.07) is 0. The van der Waals surface area contributed by atoms with Gasteiger partial charge in [-0.25, -0.2) is 0 Å². The minimum absolute atomic E-state index is 0.289. The number of morpholine rings is 1. The summed E-state index contributed by atoms with van der Waals surface area (Å²) < 4.78 is 12.7. The highest BCUT2D eigenvalue weighted by molar-refractivity contribution is 4.77. The van der Waals surface area contributed by atoms with E-state index in [0.29, 0.717) is 18.3 Å². The molecule has 1 saturated carbocycles. The van der Waals surface area contributed by atoms with E-state index in [9.17, 15) is 0 Å². The molecule has 148 valence electrons. The Hall–Kier alpha value is -0.120. The summed E-state index contributed by atoms with van der Waals surface area (Å²) in [5.74, 6) is 0. The van der Waals surface area contributed by atoms with Crippen LogP contribution in [-0.4, -0.2) is 42.5 Å². The zero-order chi connectivity index (χ0) is 17.9. The molecular weight excluding hydrogens is 310 g/mol. The van der Waals surface area contributed by atoms with E-state index in [2.05, 4.69) is 25.7 Å². The molecule has 3 heteroatoms. The predicted molar refractivity (Wildman–Crippen MR) is 106 cm³/mol. The lowest BCUT2D eigenvalue weighted by Crippen LogP contribution is -2.51. The molecule has 3 nitrogen and oxygen atoms in total. The van der Waals surface area contributed by atoms with Gasteiger partial charge >= 0.3 is 0 Å². The highest BCUT2D eigenvalue weighted by Gasteiger charge is 2.29. The third-order valence-corrected chi connectivity index (χ3v) is 5.79. The average Bonchev–Trinajstić information content (AvgIpc) is 2.56. The molecule has 1 saturated heterocycles. The molecule has 2 aliphatic rings. The first-order valence-corrected chi connectivity index (χ1v) is 11.2. The molecule has 0 aromatic heterocycles. The second-order valence-corrected chi connectivity index (χ2v) is 8.47. The SMILES string of the molecule is CCCC(OC1CCCCCCCCCCC1)N1CC(C)OC(C)C1. The number of rotatable bonds is 5. The second kappa shape index (κ2) is 12.3. The van der Waals surface area contributed by atoms with Crippen LogP contribution in [0.5, 0.6) is 0 Å². The fraction of sp³-hybridized carbons (Fsp3) is 1.00. The van der Waals surface area contributed by atoms with Crippen molar-refractivity contribution in [3.63, 3.8) is 0 Å². The van der Waals surface area contributed by atoms with Crippen molar-refractivity contribution in [3.05, 3.63) is 0 Å². The van der Waals surface area contributed by atoms with Crippen LogP contribution in [0.25, 0.3) is 0 Å². The van der Waals surface area contributed by atoms with Crippen LogP contribution in [-0.2, 0) is 9.47 Å². The van der Waals surface area contributed by atoms with Crippen molar-refractivity contribution in [2.75, 3.05) is 13.1 Å².